The number of ether oxygens (including phenoxy) is 1. The molecule has 2 saturated heterocycles. The predicted molar refractivity (Wildman–Crippen MR) is 157 cm³/mol. The van der Waals surface area contributed by atoms with Gasteiger partial charge >= 0.3 is 38.7 Å². The van der Waals surface area contributed by atoms with Crippen LogP contribution in [0.5, 0.6) is 0 Å². The predicted octanol–water partition coefficient (Wildman–Crippen LogP) is 1.34. The van der Waals surface area contributed by atoms with Crippen molar-refractivity contribution in [3.8, 4) is 0 Å². The number of carbonyl (C=O) groups is 3. The molecule has 0 aromatic heterocycles. The van der Waals surface area contributed by atoms with E-state index in [0.717, 1.165) is 16.4 Å². The number of carbonyl (C=O) groups excluding carboxylic acids is 3. The van der Waals surface area contributed by atoms with Crippen LogP contribution in [-0.4, -0.2) is 95.4 Å². The summed E-state index contributed by atoms with van der Waals surface area (Å²) in [6.07, 6.45) is -3.54. The number of rotatable bonds is 12. The van der Waals surface area contributed by atoms with Crippen molar-refractivity contribution in [3.05, 3.63) is 41.5 Å². The van der Waals surface area contributed by atoms with E-state index in [-0.39, 0.29) is 63.5 Å². The average molecular weight is 699 g/mol. The molecule has 46 heavy (non-hydrogen) atoms. The van der Waals surface area contributed by atoms with Crippen molar-refractivity contribution in [1.29, 1.82) is 0 Å². The quantitative estimate of drug-likeness (QED) is 0.300. The molecule has 2 atom stereocenters. The van der Waals surface area contributed by atoms with Crippen LogP contribution in [0.25, 0.3) is 5.57 Å². The Balaban J connectivity index is 1.91. The number of amides is 1. The van der Waals surface area contributed by atoms with E-state index in [4.69, 9.17) is 8.92 Å². The fourth-order valence-electron chi connectivity index (χ4n) is 5.32. The van der Waals surface area contributed by atoms with E-state index in [9.17, 15) is 44.4 Å². The lowest BCUT2D eigenvalue weighted by atomic mass is 9.99. The average Bonchev–Trinajstić information content (AvgIpc) is 3.47. The number of piperidine rings is 1. The van der Waals surface area contributed by atoms with Crippen LogP contribution in [0.1, 0.15) is 50.7 Å². The number of nitrogens with two attached hydrogens (primary N) is 1. The molecule has 3 rings (SSSR count). The molecule has 19 heteroatoms. The summed E-state index contributed by atoms with van der Waals surface area (Å²) < 4.78 is 105. The Morgan fingerprint density at radius 1 is 1.11 bits per heavy atom. The third kappa shape index (κ3) is 10.2. The maximum Gasteiger partial charge on any atom is 0.416 e. The van der Waals surface area contributed by atoms with Gasteiger partial charge in [0, 0.05) is 31.8 Å². The molecule has 3 N–H and O–H groups in total. The maximum absolute atomic E-state index is 13.7. The van der Waals surface area contributed by atoms with Gasteiger partial charge in [-0.1, -0.05) is 26.0 Å². The van der Waals surface area contributed by atoms with Gasteiger partial charge in [0.15, 0.2) is 0 Å². The van der Waals surface area contributed by atoms with E-state index >= 15 is 0 Å². The minimum Gasteiger partial charge on any atom is -0.380 e. The van der Waals surface area contributed by atoms with Crippen LogP contribution < -0.4 is 10.5 Å². The van der Waals surface area contributed by atoms with Gasteiger partial charge in [-0.2, -0.15) is 39.5 Å². The summed E-state index contributed by atoms with van der Waals surface area (Å²) in [5, 5.41) is 7.67. The molecule has 1 amide bonds. The summed E-state index contributed by atoms with van der Waals surface area (Å²) in [6.45, 7) is 4.52. The van der Waals surface area contributed by atoms with Crippen LogP contribution >= 0.6 is 0 Å². The van der Waals surface area contributed by atoms with Crippen LogP contribution in [0.4, 0.5) is 13.2 Å². The van der Waals surface area contributed by atoms with E-state index in [2.05, 4.69) is 14.6 Å². The summed E-state index contributed by atoms with van der Waals surface area (Å²) in [5.41, 5.74) is -2.93. The lowest BCUT2D eigenvalue weighted by Gasteiger charge is -2.40. The Morgan fingerprint density at radius 3 is 2.28 bits per heavy atom. The van der Waals surface area contributed by atoms with Gasteiger partial charge < -0.3 is 23.3 Å². The minimum absolute atomic E-state index is 0.0385. The molecule has 2 aliphatic rings. The summed E-state index contributed by atoms with van der Waals surface area (Å²) in [6, 6.07) is 0.984. The first-order valence-corrected chi connectivity index (χ1v) is 17.1. The van der Waals surface area contributed by atoms with E-state index in [1.807, 2.05) is 13.8 Å². The second-order valence-corrected chi connectivity index (χ2v) is 13.8. The van der Waals surface area contributed by atoms with E-state index in [0.29, 0.717) is 18.6 Å². The first kappa shape index (κ1) is 37.4. The van der Waals surface area contributed by atoms with Crippen molar-refractivity contribution in [1.82, 2.24) is 14.5 Å². The Bertz CT molecular complexity index is 1520. The number of likely N-dealkylation sites (tertiary alicyclic amines) is 1. The number of halogens is 3. The van der Waals surface area contributed by atoms with Crippen LogP contribution in [0.15, 0.2) is 30.3 Å². The summed E-state index contributed by atoms with van der Waals surface area (Å²) in [5.74, 6) is -3.47. The zero-order chi connectivity index (χ0) is 34.4. The Kier molecular flexibility index (Phi) is 12.3. The number of hydrogen-bond donors (Lipinski definition) is 2. The van der Waals surface area contributed by atoms with Crippen LogP contribution in [0.2, 0.25) is 0 Å². The number of hydrogen-bond acceptors (Lipinski definition) is 11. The molecule has 0 aliphatic carbocycles. The molecule has 2 aliphatic heterocycles. The summed E-state index contributed by atoms with van der Waals surface area (Å²) >= 11 is 0. The molecule has 14 nitrogen and oxygen atoms in total. The minimum atomic E-state index is -5.01. The van der Waals surface area contributed by atoms with Gasteiger partial charge in [0.05, 0.1) is 29.8 Å². The highest BCUT2D eigenvalue weighted by Crippen LogP contribution is 2.32. The lowest BCUT2D eigenvalue weighted by molar-refractivity contribution is -0.138. The van der Waals surface area contributed by atoms with E-state index < -0.39 is 73.5 Å². The van der Waals surface area contributed by atoms with Crippen LogP contribution in [-0.2, 0) is 54.3 Å². The number of alkyl halides is 3. The monoisotopic (exact) mass is 698 g/mol. The molecule has 0 spiro atoms. The molecular weight excluding hydrogens is 661 g/mol. The van der Waals surface area contributed by atoms with Gasteiger partial charge in [-0.15, -0.1) is 0 Å². The Morgan fingerprint density at radius 2 is 1.76 bits per heavy atom. The molecule has 2 fully saturated rings. The topological polar surface area (TPSA) is 192 Å². The standard InChI is InChI=1S/C27H37F3N4O10S2/c1-17(2)13-23(32-3)25(36)33-10-7-20(8-11-33)34(21-9-12-42-16-21)46(40,41)44-26(37)22(15-24(35)43-45(31,38)39)18-5-4-6-19(14-18)27(28,29)30/h4-6,14-15,17,20-21,23,32H,7-13,16H2,1-3H3,(H2,31,38,39)/b22-15+. The highest BCUT2D eigenvalue weighted by atomic mass is 32.2. The molecule has 1 aromatic rings. The molecule has 0 saturated carbocycles. The fourth-order valence-corrected chi connectivity index (χ4v) is 7.08. The third-order valence-corrected chi connectivity index (χ3v) is 9.25. The smallest absolute Gasteiger partial charge is 0.380 e. The number of benzene rings is 1. The van der Waals surface area contributed by atoms with Gasteiger partial charge in [0.2, 0.25) is 5.91 Å². The normalized spacial score (nSPS) is 19.4. The second-order valence-electron chi connectivity index (χ2n) is 11.2. The van der Waals surface area contributed by atoms with Crippen LogP contribution in [0.3, 0.4) is 0 Å². The van der Waals surface area contributed by atoms with Gasteiger partial charge in [0.1, 0.15) is 0 Å². The van der Waals surface area contributed by atoms with Crippen molar-refractivity contribution in [3.63, 3.8) is 0 Å². The molecule has 0 radical (unpaired) electrons. The first-order valence-electron chi connectivity index (χ1n) is 14.3. The van der Waals surface area contributed by atoms with Crippen molar-refractivity contribution in [2.45, 2.75) is 63.8 Å². The molecule has 2 unspecified atom stereocenters. The number of nitrogens with zero attached hydrogens (tertiary/aromatic N) is 2. The zero-order valence-corrected chi connectivity index (χ0v) is 27.0. The zero-order valence-electron chi connectivity index (χ0n) is 25.4. The Labute approximate surface area is 265 Å². The molecule has 1 aromatic carbocycles. The molecular formula is C27H37F3N4O10S2. The third-order valence-electron chi connectivity index (χ3n) is 7.38. The second kappa shape index (κ2) is 15.2. The summed E-state index contributed by atoms with van der Waals surface area (Å²) in [7, 11) is -8.24. The van der Waals surface area contributed by atoms with Gasteiger partial charge in [0.25, 0.3) is 0 Å². The van der Waals surface area contributed by atoms with Crippen LogP contribution in [0, 0.1) is 5.92 Å². The van der Waals surface area contributed by atoms with Crippen molar-refractivity contribution >= 4 is 44.0 Å². The summed E-state index contributed by atoms with van der Waals surface area (Å²) in [4.78, 5) is 40.2. The van der Waals surface area contributed by atoms with Crippen molar-refractivity contribution < 1.29 is 57.5 Å². The SMILES string of the molecule is CNC(CC(C)C)C(=O)N1CCC(N(C2CCOC2)S(=O)(=O)OC(=O)/C(=C/C(=O)OS(N)(=O)=O)c2cccc(C(F)(F)F)c2)CC1. The molecule has 2 heterocycles. The first-order chi connectivity index (χ1) is 21.3. The Hall–Kier alpha value is -3.10. The highest BCUT2D eigenvalue weighted by molar-refractivity contribution is 7.85. The molecule has 258 valence electrons. The van der Waals surface area contributed by atoms with E-state index in [1.54, 1.807) is 11.9 Å². The fraction of sp³-hybridized carbons (Fsp3) is 0.593. The highest BCUT2D eigenvalue weighted by Gasteiger charge is 2.43. The number of nitrogens with one attached hydrogen (secondary N) is 1. The van der Waals surface area contributed by atoms with Gasteiger partial charge in [-0.3, -0.25) is 4.79 Å². The maximum atomic E-state index is 13.7. The van der Waals surface area contributed by atoms with E-state index in [1.165, 1.54) is 0 Å². The number of likely N-dealkylation sites (N-methyl/N-ethyl adjacent to an activating group) is 1. The van der Waals surface area contributed by atoms with Crippen molar-refractivity contribution in [2.24, 2.45) is 11.1 Å². The van der Waals surface area contributed by atoms with Crippen molar-refractivity contribution in [2.75, 3.05) is 33.4 Å². The largest absolute Gasteiger partial charge is 0.416 e. The molecule has 0 bridgehead atoms. The van der Waals surface area contributed by atoms with Gasteiger partial charge in [-0.25, -0.2) is 9.59 Å². The lowest BCUT2D eigenvalue weighted by Crippen LogP contribution is -2.55. The van der Waals surface area contributed by atoms with Gasteiger partial charge in [-0.05, 0) is 56.3 Å².